The van der Waals surface area contributed by atoms with Crippen molar-refractivity contribution in [2.45, 2.75) is 13.0 Å². The molecular weight excluding hydrogens is 468 g/mol. The summed E-state index contributed by atoms with van der Waals surface area (Å²) in [7, 11) is 1.47. The van der Waals surface area contributed by atoms with Gasteiger partial charge in [-0.1, -0.05) is 24.3 Å². The molecule has 1 saturated heterocycles. The number of ether oxygens (including phenoxy) is 1. The van der Waals surface area contributed by atoms with Crippen molar-refractivity contribution in [1.82, 2.24) is 14.7 Å². The fourth-order valence-electron chi connectivity index (χ4n) is 4.80. The van der Waals surface area contributed by atoms with Gasteiger partial charge in [0.25, 0.3) is 5.69 Å². The summed E-state index contributed by atoms with van der Waals surface area (Å²) in [5, 5.41) is 27.8. The van der Waals surface area contributed by atoms with E-state index in [4.69, 9.17) is 4.74 Å². The van der Waals surface area contributed by atoms with Gasteiger partial charge in [0.2, 0.25) is 17.3 Å². The normalized spacial score (nSPS) is 15.5. The molecule has 0 amide bonds. The Labute approximate surface area is 206 Å². The lowest BCUT2D eigenvalue weighted by Gasteiger charge is -2.35. The van der Waals surface area contributed by atoms with E-state index in [1.54, 1.807) is 36.4 Å². The first kappa shape index (κ1) is 23.4. The number of anilines is 1. The molecule has 12 nitrogen and oxygen atoms in total. The summed E-state index contributed by atoms with van der Waals surface area (Å²) in [6, 6.07) is 11.3. The van der Waals surface area contributed by atoms with Crippen LogP contribution in [0.4, 0.5) is 11.4 Å². The second kappa shape index (κ2) is 9.38. The molecule has 2 aliphatic rings. The summed E-state index contributed by atoms with van der Waals surface area (Å²) in [4.78, 5) is 41.4. The van der Waals surface area contributed by atoms with Crippen LogP contribution in [0.2, 0.25) is 0 Å². The lowest BCUT2D eigenvalue weighted by atomic mass is 9.90. The number of methoxy groups -OCH3 is 1. The minimum atomic E-state index is -0.424. The fourth-order valence-corrected chi connectivity index (χ4v) is 4.80. The molecule has 1 aromatic heterocycles. The lowest BCUT2D eigenvalue weighted by Crippen LogP contribution is -2.47. The van der Waals surface area contributed by atoms with Gasteiger partial charge in [-0.3, -0.25) is 24.6 Å². The third kappa shape index (κ3) is 4.05. The first-order chi connectivity index (χ1) is 17.4. The van der Waals surface area contributed by atoms with Crippen molar-refractivity contribution in [3.05, 3.63) is 80.3 Å². The molecule has 1 fully saturated rings. The molecule has 2 aromatic carbocycles. The molecule has 0 radical (unpaired) electrons. The summed E-state index contributed by atoms with van der Waals surface area (Å²) >= 11 is 0. The highest BCUT2D eigenvalue weighted by atomic mass is 16.6. The maximum Gasteiger partial charge on any atom is 0.296 e. The minimum absolute atomic E-state index is 0.00784. The Hall–Kier alpha value is -4.32. The molecule has 186 valence electrons. The molecule has 0 unspecified atom stereocenters. The Morgan fingerprint density at radius 2 is 1.72 bits per heavy atom. The molecule has 0 atom stereocenters. The van der Waals surface area contributed by atoms with Gasteiger partial charge < -0.3 is 14.8 Å². The summed E-state index contributed by atoms with van der Waals surface area (Å²) in [5.74, 6) is -0.366. The molecule has 2 heterocycles. The first-order valence-electron chi connectivity index (χ1n) is 11.6. The number of aromatic nitrogens is 3. The van der Waals surface area contributed by atoms with Crippen LogP contribution in [-0.2, 0) is 6.54 Å². The molecule has 0 bridgehead atoms. The van der Waals surface area contributed by atoms with E-state index in [2.05, 4.69) is 10.00 Å². The van der Waals surface area contributed by atoms with Gasteiger partial charge in [-0.15, -0.1) is 4.68 Å². The quantitative estimate of drug-likeness (QED) is 0.162. The average molecular weight is 492 g/mol. The van der Waals surface area contributed by atoms with Crippen LogP contribution in [0.5, 0.6) is 5.75 Å². The van der Waals surface area contributed by atoms with Gasteiger partial charge in [-0.05, 0) is 18.6 Å². The number of carbonyl (C=O) groups is 2. The molecule has 1 aliphatic carbocycles. The number of rotatable bonds is 7. The fraction of sp³-hybridized carbons (Fsp3) is 0.333. The predicted molar refractivity (Wildman–Crippen MR) is 127 cm³/mol. The van der Waals surface area contributed by atoms with Crippen molar-refractivity contribution in [1.29, 1.82) is 0 Å². The number of fused-ring (bicyclic) bond motifs is 2. The molecule has 36 heavy (non-hydrogen) atoms. The topological polar surface area (TPSA) is 138 Å². The van der Waals surface area contributed by atoms with Gasteiger partial charge in [-0.2, -0.15) is 0 Å². The summed E-state index contributed by atoms with van der Waals surface area (Å²) in [6.07, 6.45) is 0.566. The van der Waals surface area contributed by atoms with E-state index in [-0.39, 0.29) is 40.5 Å². The van der Waals surface area contributed by atoms with Gasteiger partial charge in [0.1, 0.15) is 11.4 Å². The Balaban J connectivity index is 1.22. The summed E-state index contributed by atoms with van der Waals surface area (Å²) in [6.45, 7) is 3.49. The van der Waals surface area contributed by atoms with Crippen molar-refractivity contribution in [3.8, 4) is 5.75 Å². The van der Waals surface area contributed by atoms with E-state index in [1.807, 2.05) is 4.90 Å². The zero-order valence-corrected chi connectivity index (χ0v) is 19.6. The molecule has 0 spiro atoms. The second-order valence-electron chi connectivity index (χ2n) is 8.67. The highest BCUT2D eigenvalue weighted by molar-refractivity contribution is 6.26. The second-order valence-corrected chi connectivity index (χ2v) is 8.67. The van der Waals surface area contributed by atoms with E-state index in [0.717, 1.165) is 0 Å². The highest BCUT2D eigenvalue weighted by Crippen LogP contribution is 2.32. The van der Waals surface area contributed by atoms with Crippen LogP contribution in [0, 0.1) is 15.3 Å². The minimum Gasteiger partial charge on any atom is -0.571 e. The zero-order valence-electron chi connectivity index (χ0n) is 19.6. The predicted octanol–water partition coefficient (Wildman–Crippen LogP) is 1.42. The Morgan fingerprint density at radius 3 is 2.39 bits per heavy atom. The molecule has 1 aliphatic heterocycles. The first-order valence-corrected chi connectivity index (χ1v) is 11.6. The van der Waals surface area contributed by atoms with Crippen molar-refractivity contribution < 1.29 is 24.2 Å². The number of nitrogens with zero attached hydrogens (tertiary/aromatic N) is 6. The van der Waals surface area contributed by atoms with E-state index < -0.39 is 10.7 Å². The van der Waals surface area contributed by atoms with Crippen LogP contribution in [0.25, 0.3) is 0 Å². The van der Waals surface area contributed by atoms with Crippen molar-refractivity contribution in [3.63, 3.8) is 0 Å². The van der Waals surface area contributed by atoms with Crippen molar-refractivity contribution >= 4 is 22.9 Å². The highest BCUT2D eigenvalue weighted by Gasteiger charge is 2.39. The Morgan fingerprint density at radius 1 is 1.03 bits per heavy atom. The lowest BCUT2D eigenvalue weighted by molar-refractivity contribution is -0.749. The van der Waals surface area contributed by atoms with Crippen LogP contribution >= 0.6 is 0 Å². The standard InChI is InChI=1S/C24H24N6O6/c1-36-16-7-8-19(20(15-16)29(33)34)27-13-11-26(12-14-27)9-4-10-28-22-21(25-30(28)35)23(31)17-5-2-3-6-18(17)24(22)32/h2-3,5-8,15H,4,9-14H2,1H3. The monoisotopic (exact) mass is 492 g/mol. The van der Waals surface area contributed by atoms with Crippen LogP contribution in [0.15, 0.2) is 42.5 Å². The molecule has 12 heteroatoms. The number of hydrogen-bond acceptors (Lipinski definition) is 9. The molecule has 3 aromatic rings. The molecule has 0 saturated carbocycles. The number of ketones is 2. The van der Waals surface area contributed by atoms with E-state index in [0.29, 0.717) is 55.5 Å². The van der Waals surface area contributed by atoms with Crippen molar-refractivity contribution in [2.24, 2.45) is 0 Å². The van der Waals surface area contributed by atoms with E-state index in [9.17, 15) is 24.9 Å². The van der Waals surface area contributed by atoms with Crippen LogP contribution in [-0.4, -0.2) is 71.0 Å². The number of benzene rings is 2. The number of piperazine rings is 1. The van der Waals surface area contributed by atoms with Crippen LogP contribution in [0.3, 0.4) is 0 Å². The van der Waals surface area contributed by atoms with Gasteiger partial charge in [0.05, 0.1) is 24.6 Å². The SMILES string of the molecule is COc1ccc(N2CCN(CCCn3c4c(n[n+]3[O-])C(=O)c3ccccc3C4=O)CC2)c([N+](=O)[O-])c1. The number of nitro benzene ring substituents is 1. The van der Waals surface area contributed by atoms with Crippen molar-refractivity contribution in [2.75, 3.05) is 44.7 Å². The van der Waals surface area contributed by atoms with Gasteiger partial charge in [-0.25, -0.2) is 0 Å². The zero-order chi connectivity index (χ0) is 25.4. The maximum absolute atomic E-state index is 13.0. The largest absolute Gasteiger partial charge is 0.571 e. The molecular formula is C24H24N6O6. The van der Waals surface area contributed by atoms with E-state index in [1.165, 1.54) is 17.9 Å². The van der Waals surface area contributed by atoms with Gasteiger partial charge in [0.15, 0.2) is 5.69 Å². The van der Waals surface area contributed by atoms with E-state index >= 15 is 0 Å². The van der Waals surface area contributed by atoms with Gasteiger partial charge >= 0.3 is 0 Å². The third-order valence-corrected chi connectivity index (χ3v) is 6.66. The Kier molecular flexibility index (Phi) is 6.10. The summed E-state index contributed by atoms with van der Waals surface area (Å²) in [5.41, 5.74) is 1.03. The number of carbonyl (C=O) groups excluding carboxylic acids is 2. The smallest absolute Gasteiger partial charge is 0.296 e. The number of hydrogen-bond donors (Lipinski definition) is 0. The Bertz CT molecular complexity index is 1360. The third-order valence-electron chi connectivity index (χ3n) is 6.66. The van der Waals surface area contributed by atoms with Crippen LogP contribution < -0.4 is 14.6 Å². The van der Waals surface area contributed by atoms with Crippen LogP contribution in [0.1, 0.15) is 38.5 Å². The molecule has 0 N–H and O–H groups in total. The van der Waals surface area contributed by atoms with Gasteiger partial charge in [0, 0.05) is 53.9 Å². The number of nitro groups is 1. The maximum atomic E-state index is 13.0. The summed E-state index contributed by atoms with van der Waals surface area (Å²) < 4.78 is 6.34. The molecule has 5 rings (SSSR count). The average Bonchev–Trinajstić information content (AvgIpc) is 3.23.